The lowest BCUT2D eigenvalue weighted by Gasteiger charge is -2.08. The summed E-state index contributed by atoms with van der Waals surface area (Å²) in [5.74, 6) is 0.412. The maximum absolute atomic E-state index is 11.9. The van der Waals surface area contributed by atoms with Crippen molar-refractivity contribution in [3.8, 4) is 0 Å². The van der Waals surface area contributed by atoms with Gasteiger partial charge in [0.15, 0.2) is 12.4 Å². The fourth-order valence-electron chi connectivity index (χ4n) is 2.29. The van der Waals surface area contributed by atoms with Gasteiger partial charge < -0.3 is 15.8 Å². The minimum atomic E-state index is -0.280. The second-order valence-electron chi connectivity index (χ2n) is 5.52. The highest BCUT2D eigenvalue weighted by molar-refractivity contribution is 7.09. The number of nitrogens with zero attached hydrogens (tertiary/aromatic N) is 3. The van der Waals surface area contributed by atoms with E-state index in [4.69, 9.17) is 10.5 Å². The molecule has 0 radical (unpaired) electrons. The Morgan fingerprint density at radius 1 is 1.12 bits per heavy atom. The predicted octanol–water partition coefficient (Wildman–Crippen LogP) is 3.33. The molecule has 1 aromatic carbocycles. The van der Waals surface area contributed by atoms with Crippen LogP contribution in [0.5, 0.6) is 0 Å². The molecule has 7 nitrogen and oxygen atoms in total. The summed E-state index contributed by atoms with van der Waals surface area (Å²) in [7, 11) is 0. The fourth-order valence-corrected chi connectivity index (χ4v) is 3.04. The number of nitrogens with two attached hydrogens (primary N) is 1. The van der Waals surface area contributed by atoms with Crippen LogP contribution < -0.4 is 11.1 Å². The summed E-state index contributed by atoms with van der Waals surface area (Å²) >= 11 is 1.69. The molecule has 0 atom stereocenters. The molecule has 3 N–H and O–H groups in total. The number of thiophene rings is 1. The van der Waals surface area contributed by atoms with Gasteiger partial charge in [0.05, 0.1) is 0 Å². The molecule has 2 heterocycles. The number of rotatable bonds is 8. The Bertz CT molecular complexity index is 840. The van der Waals surface area contributed by atoms with Crippen LogP contribution in [-0.2, 0) is 22.6 Å². The van der Waals surface area contributed by atoms with Crippen LogP contribution in [-0.4, -0.2) is 20.9 Å². The summed E-state index contributed by atoms with van der Waals surface area (Å²) in [6.45, 7) is -0.0337. The van der Waals surface area contributed by atoms with Crippen molar-refractivity contribution in [2.45, 2.75) is 25.9 Å². The molecule has 0 spiro atoms. The highest BCUT2D eigenvalue weighted by atomic mass is 32.1. The zero-order valence-electron chi connectivity index (χ0n) is 14.1. The van der Waals surface area contributed by atoms with E-state index >= 15 is 0 Å². The smallest absolute Gasteiger partial charge is 0.306 e. The van der Waals surface area contributed by atoms with Gasteiger partial charge in [-0.05, 0) is 36.4 Å². The maximum atomic E-state index is 11.9. The van der Waals surface area contributed by atoms with E-state index in [9.17, 15) is 4.79 Å². The molecule has 0 saturated heterocycles. The molecule has 0 aliphatic carbocycles. The van der Waals surface area contributed by atoms with Crippen LogP contribution in [0.3, 0.4) is 0 Å². The van der Waals surface area contributed by atoms with Gasteiger partial charge in [-0.1, -0.05) is 24.3 Å². The van der Waals surface area contributed by atoms with Crippen LogP contribution in [0.25, 0.3) is 0 Å². The van der Waals surface area contributed by atoms with Crippen LogP contribution in [0.2, 0.25) is 0 Å². The van der Waals surface area contributed by atoms with Crippen molar-refractivity contribution >= 4 is 34.9 Å². The molecule has 0 aliphatic rings. The van der Waals surface area contributed by atoms with Crippen LogP contribution >= 0.6 is 11.3 Å². The summed E-state index contributed by atoms with van der Waals surface area (Å²) in [5, 5.41) is 5.07. The largest absolute Gasteiger partial charge is 0.457 e. The van der Waals surface area contributed by atoms with Crippen molar-refractivity contribution in [1.82, 2.24) is 15.0 Å². The minimum Gasteiger partial charge on any atom is -0.457 e. The molecule has 3 rings (SSSR count). The van der Waals surface area contributed by atoms with E-state index in [2.05, 4.69) is 26.3 Å². The summed E-state index contributed by atoms with van der Waals surface area (Å²) in [6.07, 6.45) is 1.98. The van der Waals surface area contributed by atoms with E-state index in [1.807, 2.05) is 41.8 Å². The zero-order chi connectivity index (χ0) is 18.2. The number of nitrogens with one attached hydrogen (secondary N) is 1. The van der Waals surface area contributed by atoms with E-state index in [0.29, 0.717) is 18.2 Å². The molecule has 3 aromatic rings. The number of anilines is 3. The van der Waals surface area contributed by atoms with Gasteiger partial charge in [0, 0.05) is 17.0 Å². The summed E-state index contributed by atoms with van der Waals surface area (Å²) in [5.41, 5.74) is 6.54. The molecule has 0 unspecified atom stereocenters. The predicted molar refractivity (Wildman–Crippen MR) is 101 cm³/mol. The van der Waals surface area contributed by atoms with Crippen LogP contribution in [0, 0.1) is 0 Å². The van der Waals surface area contributed by atoms with E-state index in [1.165, 1.54) is 4.88 Å². The standard InChI is InChI=1S/C18H19N5O2S/c19-17-21-15(22-18(23-17)20-13-6-2-1-3-7-13)12-25-16(24)10-4-8-14-9-5-11-26-14/h1-3,5-7,9,11H,4,8,10,12H2,(H3,19,20,21,22,23). The number of benzene rings is 1. The first-order chi connectivity index (χ1) is 12.7. The maximum Gasteiger partial charge on any atom is 0.306 e. The molecule has 134 valence electrons. The number of esters is 1. The minimum absolute atomic E-state index is 0.0337. The molecule has 0 saturated carbocycles. The van der Waals surface area contributed by atoms with E-state index in [-0.39, 0.29) is 18.5 Å². The van der Waals surface area contributed by atoms with Crippen molar-refractivity contribution in [1.29, 1.82) is 0 Å². The van der Waals surface area contributed by atoms with Crippen LogP contribution in [0.4, 0.5) is 17.6 Å². The fraction of sp³-hybridized carbons (Fsp3) is 0.222. The van der Waals surface area contributed by atoms with Gasteiger partial charge in [-0.25, -0.2) is 0 Å². The number of ether oxygens (including phenoxy) is 1. The third kappa shape index (κ3) is 5.52. The molecule has 0 aliphatic heterocycles. The monoisotopic (exact) mass is 369 g/mol. The Morgan fingerprint density at radius 3 is 2.73 bits per heavy atom. The third-order valence-electron chi connectivity index (χ3n) is 3.48. The number of nitrogen functional groups attached to an aromatic ring is 1. The number of hydrogen-bond donors (Lipinski definition) is 2. The van der Waals surface area contributed by atoms with Gasteiger partial charge in [-0.2, -0.15) is 15.0 Å². The number of carbonyl (C=O) groups excluding carboxylic acids is 1. The topological polar surface area (TPSA) is 103 Å². The Labute approximate surface area is 155 Å². The molecule has 0 bridgehead atoms. The summed E-state index contributed by atoms with van der Waals surface area (Å²) in [4.78, 5) is 25.4. The number of hydrogen-bond acceptors (Lipinski definition) is 8. The quantitative estimate of drug-likeness (QED) is 0.587. The highest BCUT2D eigenvalue weighted by Crippen LogP contribution is 2.14. The molecule has 0 amide bonds. The van der Waals surface area contributed by atoms with Crippen LogP contribution in [0.15, 0.2) is 47.8 Å². The number of aromatic nitrogens is 3. The molecule has 0 fully saturated rings. The van der Waals surface area contributed by atoms with Gasteiger partial charge in [0.25, 0.3) is 0 Å². The van der Waals surface area contributed by atoms with E-state index < -0.39 is 0 Å². The van der Waals surface area contributed by atoms with Crippen molar-refractivity contribution in [3.05, 3.63) is 58.5 Å². The Hall–Kier alpha value is -3.00. The van der Waals surface area contributed by atoms with E-state index in [1.54, 1.807) is 11.3 Å². The molecular formula is C18H19N5O2S. The highest BCUT2D eigenvalue weighted by Gasteiger charge is 2.09. The lowest BCUT2D eigenvalue weighted by atomic mass is 10.2. The van der Waals surface area contributed by atoms with Crippen molar-refractivity contribution < 1.29 is 9.53 Å². The molecule has 2 aromatic heterocycles. The zero-order valence-corrected chi connectivity index (χ0v) is 14.9. The van der Waals surface area contributed by atoms with Gasteiger partial charge in [-0.3, -0.25) is 4.79 Å². The van der Waals surface area contributed by atoms with Gasteiger partial charge in [0.2, 0.25) is 11.9 Å². The lowest BCUT2D eigenvalue weighted by molar-refractivity contribution is -0.145. The van der Waals surface area contributed by atoms with Crippen molar-refractivity contribution in [2.24, 2.45) is 0 Å². The molecule has 26 heavy (non-hydrogen) atoms. The SMILES string of the molecule is Nc1nc(COC(=O)CCCc2cccs2)nc(Nc2ccccc2)n1. The van der Waals surface area contributed by atoms with E-state index in [0.717, 1.165) is 18.5 Å². The molecule has 8 heteroatoms. The number of carbonyl (C=O) groups is 1. The van der Waals surface area contributed by atoms with Crippen LogP contribution in [0.1, 0.15) is 23.5 Å². The summed E-state index contributed by atoms with van der Waals surface area (Å²) in [6, 6.07) is 13.5. The Balaban J connectivity index is 1.50. The lowest BCUT2D eigenvalue weighted by Crippen LogP contribution is -2.11. The first-order valence-corrected chi connectivity index (χ1v) is 9.07. The van der Waals surface area contributed by atoms with Gasteiger partial charge >= 0.3 is 5.97 Å². The summed E-state index contributed by atoms with van der Waals surface area (Å²) < 4.78 is 5.24. The Kier molecular flexibility index (Phi) is 6.10. The number of para-hydroxylation sites is 1. The number of aryl methyl sites for hydroxylation is 1. The normalized spacial score (nSPS) is 10.5. The second kappa shape index (κ2) is 8.91. The first kappa shape index (κ1) is 17.8. The average molecular weight is 369 g/mol. The third-order valence-corrected chi connectivity index (χ3v) is 4.41. The Morgan fingerprint density at radius 2 is 1.96 bits per heavy atom. The second-order valence-corrected chi connectivity index (χ2v) is 6.55. The average Bonchev–Trinajstić information content (AvgIpc) is 3.14. The first-order valence-electron chi connectivity index (χ1n) is 8.19. The van der Waals surface area contributed by atoms with Gasteiger partial charge in [0.1, 0.15) is 0 Å². The molecular weight excluding hydrogens is 350 g/mol. The van der Waals surface area contributed by atoms with Gasteiger partial charge in [-0.15, -0.1) is 11.3 Å². The van der Waals surface area contributed by atoms with Crippen molar-refractivity contribution in [3.63, 3.8) is 0 Å². The van der Waals surface area contributed by atoms with Crippen molar-refractivity contribution in [2.75, 3.05) is 11.1 Å².